The van der Waals surface area contributed by atoms with Crippen molar-refractivity contribution in [3.05, 3.63) is 35.4 Å². The summed E-state index contributed by atoms with van der Waals surface area (Å²) >= 11 is 0. The van der Waals surface area contributed by atoms with E-state index >= 15 is 0 Å². The summed E-state index contributed by atoms with van der Waals surface area (Å²) in [7, 11) is 1.65. The van der Waals surface area contributed by atoms with Gasteiger partial charge >= 0.3 is 0 Å². The van der Waals surface area contributed by atoms with E-state index in [1.54, 1.807) is 7.11 Å². The van der Waals surface area contributed by atoms with Gasteiger partial charge in [0.15, 0.2) is 0 Å². The third-order valence-corrected chi connectivity index (χ3v) is 4.47. The molecule has 3 heteroatoms. The molecule has 1 atom stereocenters. The Morgan fingerprint density at radius 2 is 2.19 bits per heavy atom. The van der Waals surface area contributed by atoms with E-state index in [-0.39, 0.29) is 5.91 Å². The van der Waals surface area contributed by atoms with Crippen molar-refractivity contribution in [1.29, 1.82) is 0 Å². The fraction of sp³-hybridized carbons (Fsp3) is 0.611. The molecule has 0 bridgehead atoms. The molecule has 1 aliphatic heterocycles. The van der Waals surface area contributed by atoms with Gasteiger partial charge in [-0.2, -0.15) is 0 Å². The Morgan fingerprint density at radius 3 is 2.95 bits per heavy atom. The first-order valence-corrected chi connectivity index (χ1v) is 8.02. The van der Waals surface area contributed by atoms with Crippen molar-refractivity contribution in [3.63, 3.8) is 0 Å². The summed E-state index contributed by atoms with van der Waals surface area (Å²) in [6.07, 6.45) is 5.20. The fourth-order valence-electron chi connectivity index (χ4n) is 3.12. The van der Waals surface area contributed by atoms with Gasteiger partial charge in [-0.05, 0) is 49.7 Å². The lowest BCUT2D eigenvalue weighted by molar-refractivity contribution is -0.134. The van der Waals surface area contributed by atoms with Crippen molar-refractivity contribution >= 4 is 5.91 Å². The summed E-state index contributed by atoms with van der Waals surface area (Å²) < 4.78 is 5.00. The van der Waals surface area contributed by atoms with Gasteiger partial charge in [0.25, 0.3) is 0 Å². The molecule has 1 fully saturated rings. The number of benzene rings is 1. The van der Waals surface area contributed by atoms with Crippen LogP contribution in [0.25, 0.3) is 0 Å². The zero-order valence-corrected chi connectivity index (χ0v) is 13.3. The minimum absolute atomic E-state index is 0.248. The number of aryl methyl sites for hydroxylation is 2. The Morgan fingerprint density at radius 1 is 1.38 bits per heavy atom. The molecule has 0 unspecified atom stereocenters. The predicted molar refractivity (Wildman–Crippen MR) is 85.3 cm³/mol. The van der Waals surface area contributed by atoms with Gasteiger partial charge in [0.1, 0.15) is 0 Å². The Hall–Kier alpha value is -1.35. The van der Waals surface area contributed by atoms with Gasteiger partial charge in [-0.25, -0.2) is 0 Å². The molecule has 3 nitrogen and oxygen atoms in total. The van der Waals surface area contributed by atoms with Crippen molar-refractivity contribution < 1.29 is 9.53 Å². The van der Waals surface area contributed by atoms with E-state index in [1.807, 2.05) is 4.90 Å². The van der Waals surface area contributed by atoms with Crippen LogP contribution < -0.4 is 0 Å². The normalized spacial score (nSPS) is 18.8. The van der Waals surface area contributed by atoms with Gasteiger partial charge in [0.05, 0.1) is 13.0 Å². The first-order valence-electron chi connectivity index (χ1n) is 8.02. The van der Waals surface area contributed by atoms with E-state index in [0.29, 0.717) is 18.9 Å². The van der Waals surface area contributed by atoms with Crippen molar-refractivity contribution in [2.45, 2.75) is 39.0 Å². The second kappa shape index (κ2) is 8.18. The molecule has 0 radical (unpaired) electrons. The lowest BCUT2D eigenvalue weighted by Gasteiger charge is -2.33. The molecule has 0 aliphatic carbocycles. The van der Waals surface area contributed by atoms with Gasteiger partial charge in [-0.3, -0.25) is 4.79 Å². The SMILES string of the molecule is COCCC(=O)N1CCC[C@H](CCc2ccccc2C)C1. The highest BCUT2D eigenvalue weighted by molar-refractivity contribution is 5.76. The molecule has 21 heavy (non-hydrogen) atoms. The molecule has 116 valence electrons. The van der Waals surface area contributed by atoms with E-state index < -0.39 is 0 Å². The van der Waals surface area contributed by atoms with Gasteiger partial charge in [-0.1, -0.05) is 24.3 Å². The molecule has 1 saturated heterocycles. The number of likely N-dealkylation sites (tertiary alicyclic amines) is 1. The standard InChI is InChI=1S/C18H27NO2/c1-15-6-3-4-8-17(15)10-9-16-7-5-12-19(14-16)18(20)11-13-21-2/h3-4,6,8,16H,5,7,9-14H2,1-2H3/t16-/m1/s1. The first kappa shape index (κ1) is 16.0. The van der Waals surface area contributed by atoms with Crippen molar-refractivity contribution in [1.82, 2.24) is 4.90 Å². The third kappa shape index (κ3) is 4.85. The molecule has 1 aliphatic rings. The predicted octanol–water partition coefficient (Wildman–Crippen LogP) is 3.20. The summed E-state index contributed by atoms with van der Waals surface area (Å²) in [5.41, 5.74) is 2.82. The van der Waals surface area contributed by atoms with Crippen LogP contribution in [0.2, 0.25) is 0 Å². The highest BCUT2D eigenvalue weighted by atomic mass is 16.5. The smallest absolute Gasteiger partial charge is 0.224 e. The summed E-state index contributed by atoms with van der Waals surface area (Å²) in [6, 6.07) is 8.61. The quantitative estimate of drug-likeness (QED) is 0.805. The van der Waals surface area contributed by atoms with Crippen LogP contribution in [0.5, 0.6) is 0 Å². The highest BCUT2D eigenvalue weighted by Crippen LogP contribution is 2.23. The van der Waals surface area contributed by atoms with Crippen LogP contribution in [0, 0.1) is 12.8 Å². The topological polar surface area (TPSA) is 29.5 Å². The van der Waals surface area contributed by atoms with E-state index in [2.05, 4.69) is 31.2 Å². The first-order chi connectivity index (χ1) is 10.2. The minimum atomic E-state index is 0.248. The molecular formula is C18H27NO2. The van der Waals surface area contributed by atoms with Gasteiger partial charge in [-0.15, -0.1) is 0 Å². The molecule has 1 aromatic rings. The van der Waals surface area contributed by atoms with E-state index in [4.69, 9.17) is 4.74 Å². The molecule has 0 aromatic heterocycles. The van der Waals surface area contributed by atoms with E-state index in [9.17, 15) is 4.79 Å². The highest BCUT2D eigenvalue weighted by Gasteiger charge is 2.23. The molecular weight excluding hydrogens is 262 g/mol. The second-order valence-corrected chi connectivity index (χ2v) is 6.06. The Kier molecular flexibility index (Phi) is 6.24. The summed E-state index contributed by atoms with van der Waals surface area (Å²) in [5, 5.41) is 0. The fourth-order valence-corrected chi connectivity index (χ4v) is 3.12. The third-order valence-electron chi connectivity index (χ3n) is 4.47. The number of hydrogen-bond acceptors (Lipinski definition) is 2. The average Bonchev–Trinajstić information content (AvgIpc) is 2.52. The van der Waals surface area contributed by atoms with Gasteiger partial charge < -0.3 is 9.64 Å². The molecule has 0 N–H and O–H groups in total. The van der Waals surface area contributed by atoms with Crippen molar-refractivity contribution in [2.75, 3.05) is 26.8 Å². The number of rotatable bonds is 6. The number of hydrogen-bond donors (Lipinski definition) is 0. The molecule has 1 amide bonds. The summed E-state index contributed by atoms with van der Waals surface area (Å²) in [6.45, 7) is 4.55. The van der Waals surface area contributed by atoms with Crippen LogP contribution in [-0.2, 0) is 16.0 Å². The van der Waals surface area contributed by atoms with Crippen LogP contribution in [0.4, 0.5) is 0 Å². The zero-order valence-electron chi connectivity index (χ0n) is 13.3. The lowest BCUT2D eigenvalue weighted by atomic mass is 9.90. The number of nitrogens with zero attached hydrogens (tertiary/aromatic N) is 1. The molecule has 1 aromatic carbocycles. The largest absolute Gasteiger partial charge is 0.384 e. The van der Waals surface area contributed by atoms with E-state index in [1.165, 1.54) is 24.0 Å². The maximum Gasteiger partial charge on any atom is 0.224 e. The average molecular weight is 289 g/mol. The van der Waals surface area contributed by atoms with Crippen LogP contribution in [0.3, 0.4) is 0 Å². The number of piperidine rings is 1. The maximum atomic E-state index is 12.1. The second-order valence-electron chi connectivity index (χ2n) is 6.06. The number of carbonyl (C=O) groups excluding carboxylic acids is 1. The number of amides is 1. The number of methoxy groups -OCH3 is 1. The van der Waals surface area contributed by atoms with E-state index in [0.717, 1.165) is 25.9 Å². The van der Waals surface area contributed by atoms with Gasteiger partial charge in [0, 0.05) is 20.2 Å². The number of carbonyl (C=O) groups is 1. The monoisotopic (exact) mass is 289 g/mol. The van der Waals surface area contributed by atoms with Crippen molar-refractivity contribution in [3.8, 4) is 0 Å². The molecule has 2 rings (SSSR count). The van der Waals surface area contributed by atoms with Crippen LogP contribution >= 0.6 is 0 Å². The summed E-state index contributed by atoms with van der Waals surface area (Å²) in [4.78, 5) is 14.1. The maximum absolute atomic E-state index is 12.1. The Balaban J connectivity index is 1.81. The molecule has 0 spiro atoms. The van der Waals surface area contributed by atoms with Crippen molar-refractivity contribution in [2.24, 2.45) is 5.92 Å². The molecule has 1 heterocycles. The zero-order chi connectivity index (χ0) is 15.1. The van der Waals surface area contributed by atoms with Crippen LogP contribution in [0.1, 0.15) is 36.8 Å². The van der Waals surface area contributed by atoms with Gasteiger partial charge in [0.2, 0.25) is 5.91 Å². The lowest BCUT2D eigenvalue weighted by Crippen LogP contribution is -2.40. The van der Waals surface area contributed by atoms with Crippen LogP contribution in [0.15, 0.2) is 24.3 Å². The number of ether oxygens (including phenoxy) is 1. The Bertz CT molecular complexity index is 458. The molecule has 0 saturated carbocycles. The minimum Gasteiger partial charge on any atom is -0.384 e. The van der Waals surface area contributed by atoms with Crippen LogP contribution in [-0.4, -0.2) is 37.6 Å². The Labute approximate surface area is 128 Å². The summed E-state index contributed by atoms with van der Waals surface area (Å²) in [5.74, 6) is 0.891.